The van der Waals surface area contributed by atoms with Crippen molar-refractivity contribution in [2.24, 2.45) is 5.41 Å². The van der Waals surface area contributed by atoms with Gasteiger partial charge in [0.15, 0.2) is 0 Å². The van der Waals surface area contributed by atoms with Crippen LogP contribution in [-0.4, -0.2) is 24.3 Å². The number of rotatable bonds is 6. The van der Waals surface area contributed by atoms with Gasteiger partial charge in [-0.05, 0) is 27.8 Å². The van der Waals surface area contributed by atoms with Gasteiger partial charge < -0.3 is 9.84 Å². The second kappa shape index (κ2) is 7.84. The van der Waals surface area contributed by atoms with Crippen molar-refractivity contribution in [3.63, 3.8) is 0 Å². The zero-order valence-electron chi connectivity index (χ0n) is 16.8. The first-order valence-corrected chi connectivity index (χ1v) is 10.0. The van der Waals surface area contributed by atoms with Crippen LogP contribution >= 0.6 is 0 Å². The first-order chi connectivity index (χ1) is 14.0. The number of hydrogen-bond donors (Lipinski definition) is 1. The van der Waals surface area contributed by atoms with Crippen LogP contribution in [0.5, 0.6) is 0 Å². The molecule has 0 aliphatic heterocycles. The minimum atomic E-state index is -0.455. The fraction of sp³-hybridized carbons (Fsp3) is 0.269. The van der Waals surface area contributed by atoms with E-state index in [1.807, 2.05) is 38.1 Å². The molecule has 0 heterocycles. The fourth-order valence-electron chi connectivity index (χ4n) is 3.94. The molecule has 2 atom stereocenters. The Kier molecular flexibility index (Phi) is 5.25. The Morgan fingerprint density at radius 2 is 1.48 bits per heavy atom. The van der Waals surface area contributed by atoms with Crippen LogP contribution in [0.1, 0.15) is 47.9 Å². The summed E-state index contributed by atoms with van der Waals surface area (Å²) in [6.45, 7) is 3.89. The maximum absolute atomic E-state index is 12.7. The van der Waals surface area contributed by atoms with Gasteiger partial charge in [0.1, 0.15) is 0 Å². The van der Waals surface area contributed by atoms with E-state index in [0.717, 1.165) is 5.57 Å². The van der Waals surface area contributed by atoms with Gasteiger partial charge in [-0.15, -0.1) is 0 Å². The quantitative estimate of drug-likeness (QED) is 0.555. The molecular formula is C26H26O3. The van der Waals surface area contributed by atoms with Gasteiger partial charge in [0.2, 0.25) is 0 Å². The topological polar surface area (TPSA) is 46.5 Å². The summed E-state index contributed by atoms with van der Waals surface area (Å²) < 4.78 is 5.50. The molecule has 3 heteroatoms. The lowest BCUT2D eigenvalue weighted by Gasteiger charge is -2.23. The second-order valence-electron chi connectivity index (χ2n) is 8.51. The van der Waals surface area contributed by atoms with Gasteiger partial charge in [-0.3, -0.25) is 0 Å². The van der Waals surface area contributed by atoms with Gasteiger partial charge in [-0.1, -0.05) is 86.7 Å². The molecule has 0 saturated carbocycles. The summed E-state index contributed by atoms with van der Waals surface area (Å²) in [5.41, 5.74) is 5.35. The number of allylic oxidation sites excluding steroid dienone is 3. The maximum atomic E-state index is 12.7. The highest BCUT2D eigenvalue weighted by molar-refractivity contribution is 5.85. The summed E-state index contributed by atoms with van der Waals surface area (Å²) in [4.78, 5) is 12.7. The number of benzene rings is 2. The minimum absolute atomic E-state index is 0.0328. The third-order valence-corrected chi connectivity index (χ3v) is 5.63. The smallest absolute Gasteiger partial charge is 0.330 e. The zero-order valence-corrected chi connectivity index (χ0v) is 16.8. The zero-order chi connectivity index (χ0) is 20.4. The molecule has 0 aromatic heterocycles. The molecule has 2 unspecified atom stereocenters. The number of carbonyl (C=O) groups is 1. The monoisotopic (exact) mass is 386 g/mol. The largest absolute Gasteiger partial charge is 0.462 e. The lowest BCUT2D eigenvalue weighted by Crippen LogP contribution is -2.25. The van der Waals surface area contributed by atoms with Crippen molar-refractivity contribution in [1.82, 2.24) is 0 Å². The van der Waals surface area contributed by atoms with Gasteiger partial charge in [0, 0.05) is 23.3 Å². The van der Waals surface area contributed by atoms with E-state index in [4.69, 9.17) is 4.74 Å². The van der Waals surface area contributed by atoms with Crippen LogP contribution < -0.4 is 0 Å². The Hall–Kier alpha value is -2.91. The fourth-order valence-corrected chi connectivity index (χ4v) is 3.94. The Morgan fingerprint density at radius 3 is 2.00 bits per heavy atom. The molecule has 0 saturated heterocycles. The van der Waals surface area contributed by atoms with E-state index in [-0.39, 0.29) is 31.0 Å². The summed E-state index contributed by atoms with van der Waals surface area (Å²) in [5.74, 6) is -0.298. The van der Waals surface area contributed by atoms with E-state index >= 15 is 0 Å². The molecule has 4 rings (SSSR count). The van der Waals surface area contributed by atoms with Crippen LogP contribution in [0, 0.1) is 5.41 Å². The standard InChI is InChI=1S/C26H26O3/c1-26(2,16-27)17-29-25(28)15-24(22-13-11-18-7-3-5-9-20(18)22)23-14-12-19-8-4-6-10-21(19)23/h3-15,22-23,27H,16-17H2,1-2H3. The molecule has 1 N–H and O–H groups in total. The highest BCUT2D eigenvalue weighted by Gasteiger charge is 2.30. The molecule has 2 aromatic rings. The van der Waals surface area contributed by atoms with E-state index in [9.17, 15) is 9.90 Å². The Labute approximate surface area is 172 Å². The Morgan fingerprint density at radius 1 is 0.966 bits per heavy atom. The van der Waals surface area contributed by atoms with Crippen molar-refractivity contribution in [2.75, 3.05) is 13.2 Å². The predicted octanol–water partition coefficient (Wildman–Crippen LogP) is 5.10. The van der Waals surface area contributed by atoms with E-state index in [1.165, 1.54) is 22.3 Å². The van der Waals surface area contributed by atoms with Crippen LogP contribution in [0.3, 0.4) is 0 Å². The van der Waals surface area contributed by atoms with E-state index < -0.39 is 5.41 Å². The van der Waals surface area contributed by atoms with Crippen molar-refractivity contribution < 1.29 is 14.6 Å². The number of carbonyl (C=O) groups excluding carboxylic acids is 1. The number of aliphatic hydroxyl groups excluding tert-OH is 1. The molecule has 0 fully saturated rings. The average Bonchev–Trinajstić information content (AvgIpc) is 3.35. The molecule has 3 nitrogen and oxygen atoms in total. The van der Waals surface area contributed by atoms with Gasteiger partial charge in [-0.25, -0.2) is 4.79 Å². The van der Waals surface area contributed by atoms with E-state index in [2.05, 4.69) is 48.6 Å². The van der Waals surface area contributed by atoms with Crippen LogP contribution in [0.15, 0.2) is 72.3 Å². The molecule has 148 valence electrons. The van der Waals surface area contributed by atoms with Crippen molar-refractivity contribution >= 4 is 18.1 Å². The lowest BCUT2D eigenvalue weighted by molar-refractivity contribution is -0.141. The number of fused-ring (bicyclic) bond motifs is 2. The second-order valence-corrected chi connectivity index (χ2v) is 8.51. The average molecular weight is 386 g/mol. The first-order valence-electron chi connectivity index (χ1n) is 10.0. The third-order valence-electron chi connectivity index (χ3n) is 5.63. The summed E-state index contributed by atoms with van der Waals surface area (Å²) in [6, 6.07) is 16.6. The van der Waals surface area contributed by atoms with Crippen LogP contribution in [0.2, 0.25) is 0 Å². The summed E-state index contributed by atoms with van der Waals surface area (Å²) >= 11 is 0. The Balaban J connectivity index is 1.69. The highest BCUT2D eigenvalue weighted by atomic mass is 16.5. The van der Waals surface area contributed by atoms with Gasteiger partial charge in [-0.2, -0.15) is 0 Å². The van der Waals surface area contributed by atoms with E-state index in [1.54, 1.807) is 6.08 Å². The molecule has 2 aliphatic rings. The van der Waals surface area contributed by atoms with Crippen molar-refractivity contribution in [2.45, 2.75) is 25.7 Å². The summed E-state index contributed by atoms with van der Waals surface area (Å²) in [7, 11) is 0. The lowest BCUT2D eigenvalue weighted by atomic mass is 9.81. The molecule has 0 amide bonds. The van der Waals surface area contributed by atoms with Crippen molar-refractivity contribution in [3.05, 3.63) is 94.6 Å². The van der Waals surface area contributed by atoms with Crippen LogP contribution in [0.4, 0.5) is 0 Å². The molecule has 0 bridgehead atoms. The number of esters is 1. The van der Waals surface area contributed by atoms with Crippen molar-refractivity contribution in [3.8, 4) is 0 Å². The first kappa shape index (κ1) is 19.4. The third kappa shape index (κ3) is 3.96. The summed E-state index contributed by atoms with van der Waals surface area (Å²) in [6.07, 6.45) is 10.2. The van der Waals surface area contributed by atoms with Gasteiger partial charge >= 0.3 is 5.97 Å². The van der Waals surface area contributed by atoms with Gasteiger partial charge in [0.25, 0.3) is 0 Å². The highest BCUT2D eigenvalue weighted by Crippen LogP contribution is 2.45. The van der Waals surface area contributed by atoms with E-state index in [0.29, 0.717) is 0 Å². The number of ether oxygens (including phenoxy) is 1. The minimum Gasteiger partial charge on any atom is -0.462 e. The molecular weight excluding hydrogens is 360 g/mol. The van der Waals surface area contributed by atoms with Crippen molar-refractivity contribution in [1.29, 1.82) is 0 Å². The number of aliphatic hydroxyl groups is 1. The van der Waals surface area contributed by atoms with Gasteiger partial charge in [0.05, 0.1) is 13.2 Å². The Bertz CT molecular complexity index is 947. The predicted molar refractivity (Wildman–Crippen MR) is 116 cm³/mol. The molecule has 2 aromatic carbocycles. The summed E-state index contributed by atoms with van der Waals surface area (Å²) in [5, 5.41) is 9.43. The molecule has 0 radical (unpaired) electrons. The number of hydrogen-bond acceptors (Lipinski definition) is 3. The maximum Gasteiger partial charge on any atom is 0.330 e. The van der Waals surface area contributed by atoms with Crippen LogP contribution in [0.25, 0.3) is 12.2 Å². The van der Waals surface area contributed by atoms with Crippen LogP contribution in [-0.2, 0) is 9.53 Å². The molecule has 2 aliphatic carbocycles. The SMILES string of the molecule is CC(C)(CO)COC(=O)C=C(C1C=Cc2ccccc21)C1C=Cc2ccccc21. The normalized spacial score (nSPS) is 19.0. The molecule has 29 heavy (non-hydrogen) atoms. The molecule has 0 spiro atoms.